The van der Waals surface area contributed by atoms with Crippen LogP contribution in [0.5, 0.6) is 5.75 Å². The number of nitrogens with two attached hydrogens (primary N) is 1. The summed E-state index contributed by atoms with van der Waals surface area (Å²) in [4.78, 5) is 0. The van der Waals surface area contributed by atoms with Crippen LogP contribution in [-0.4, -0.2) is 20.2 Å². The van der Waals surface area contributed by atoms with Gasteiger partial charge in [0.05, 0.1) is 7.11 Å². The Kier molecular flexibility index (Phi) is 6.67. The van der Waals surface area contributed by atoms with Gasteiger partial charge < -0.3 is 15.8 Å². The highest BCUT2D eigenvalue weighted by Crippen LogP contribution is 2.19. The molecule has 0 atom stereocenters. The molecule has 96 valence electrons. The summed E-state index contributed by atoms with van der Waals surface area (Å²) in [6.45, 7) is 4.81. The fourth-order valence-electron chi connectivity index (χ4n) is 1.81. The first kappa shape index (κ1) is 14.0. The second-order valence-corrected chi connectivity index (χ2v) is 4.17. The average Bonchev–Trinajstić information content (AvgIpc) is 2.38. The number of methoxy groups -OCH3 is 1. The van der Waals surface area contributed by atoms with Crippen molar-refractivity contribution in [1.82, 2.24) is 5.32 Å². The van der Waals surface area contributed by atoms with Crippen LogP contribution in [0.15, 0.2) is 18.2 Å². The second kappa shape index (κ2) is 8.09. The van der Waals surface area contributed by atoms with Crippen LogP contribution < -0.4 is 15.8 Å². The minimum absolute atomic E-state index is 0.774. The summed E-state index contributed by atoms with van der Waals surface area (Å²) in [7, 11) is 1.72. The molecule has 3 nitrogen and oxygen atoms in total. The Balaban J connectivity index is 2.49. The van der Waals surface area contributed by atoms with Gasteiger partial charge in [0.2, 0.25) is 0 Å². The Bertz CT molecular complexity index is 326. The minimum atomic E-state index is 0.774. The molecule has 0 bridgehead atoms. The predicted octanol–water partition coefficient (Wildman–Crippen LogP) is 2.09. The van der Waals surface area contributed by atoms with Gasteiger partial charge in [-0.05, 0) is 44.0 Å². The number of nitrogens with one attached hydrogen (secondary N) is 1. The van der Waals surface area contributed by atoms with Gasteiger partial charge >= 0.3 is 0 Å². The first-order valence-electron chi connectivity index (χ1n) is 6.38. The van der Waals surface area contributed by atoms with Crippen LogP contribution in [0, 0.1) is 0 Å². The molecule has 3 heteroatoms. The Hall–Kier alpha value is -1.06. The SMILES string of the molecule is CCc1ccc(OC)c(CNCCCCN)c1. The third-order valence-electron chi connectivity index (χ3n) is 2.88. The molecule has 0 spiro atoms. The monoisotopic (exact) mass is 236 g/mol. The number of hydrogen-bond donors (Lipinski definition) is 2. The van der Waals surface area contributed by atoms with Gasteiger partial charge in [-0.1, -0.05) is 19.1 Å². The number of rotatable bonds is 8. The van der Waals surface area contributed by atoms with E-state index in [1.807, 2.05) is 0 Å². The van der Waals surface area contributed by atoms with Crippen molar-refractivity contribution in [3.8, 4) is 5.75 Å². The lowest BCUT2D eigenvalue weighted by Crippen LogP contribution is -2.16. The van der Waals surface area contributed by atoms with Crippen molar-refractivity contribution in [3.05, 3.63) is 29.3 Å². The van der Waals surface area contributed by atoms with Crippen molar-refractivity contribution in [3.63, 3.8) is 0 Å². The molecule has 1 aromatic carbocycles. The molecule has 0 radical (unpaired) electrons. The third-order valence-corrected chi connectivity index (χ3v) is 2.88. The highest BCUT2D eigenvalue weighted by atomic mass is 16.5. The molecule has 0 aliphatic rings. The van der Waals surface area contributed by atoms with Crippen LogP contribution in [0.2, 0.25) is 0 Å². The number of aryl methyl sites for hydroxylation is 1. The minimum Gasteiger partial charge on any atom is -0.496 e. The molecule has 0 unspecified atom stereocenters. The fourth-order valence-corrected chi connectivity index (χ4v) is 1.81. The molecule has 1 rings (SSSR count). The van der Waals surface area contributed by atoms with Gasteiger partial charge in [0.15, 0.2) is 0 Å². The van der Waals surface area contributed by atoms with E-state index in [0.29, 0.717) is 0 Å². The zero-order chi connectivity index (χ0) is 12.5. The maximum absolute atomic E-state index is 5.46. The highest BCUT2D eigenvalue weighted by molar-refractivity contribution is 5.37. The van der Waals surface area contributed by atoms with Crippen molar-refractivity contribution in [1.29, 1.82) is 0 Å². The zero-order valence-electron chi connectivity index (χ0n) is 11.0. The number of unbranched alkanes of at least 4 members (excludes halogenated alkanes) is 1. The van der Waals surface area contributed by atoms with Crippen molar-refractivity contribution in [2.45, 2.75) is 32.7 Å². The second-order valence-electron chi connectivity index (χ2n) is 4.17. The zero-order valence-corrected chi connectivity index (χ0v) is 11.0. The molecule has 0 amide bonds. The highest BCUT2D eigenvalue weighted by Gasteiger charge is 2.03. The van der Waals surface area contributed by atoms with Gasteiger partial charge in [0.1, 0.15) is 5.75 Å². The first-order chi connectivity index (χ1) is 8.31. The van der Waals surface area contributed by atoms with Crippen molar-refractivity contribution >= 4 is 0 Å². The lowest BCUT2D eigenvalue weighted by atomic mass is 10.1. The van der Waals surface area contributed by atoms with Gasteiger partial charge in [0.25, 0.3) is 0 Å². The largest absolute Gasteiger partial charge is 0.496 e. The van der Waals surface area contributed by atoms with Crippen LogP contribution in [0.4, 0.5) is 0 Å². The van der Waals surface area contributed by atoms with E-state index in [9.17, 15) is 0 Å². The summed E-state index contributed by atoms with van der Waals surface area (Å²) >= 11 is 0. The van der Waals surface area contributed by atoms with E-state index in [0.717, 1.165) is 44.6 Å². The molecule has 0 saturated heterocycles. The van der Waals surface area contributed by atoms with Crippen LogP contribution in [0.1, 0.15) is 30.9 Å². The van der Waals surface area contributed by atoms with Gasteiger partial charge in [0, 0.05) is 12.1 Å². The van der Waals surface area contributed by atoms with Gasteiger partial charge in [-0.3, -0.25) is 0 Å². The van der Waals surface area contributed by atoms with Crippen LogP contribution in [-0.2, 0) is 13.0 Å². The summed E-state index contributed by atoms with van der Waals surface area (Å²) in [5.74, 6) is 0.966. The number of hydrogen-bond acceptors (Lipinski definition) is 3. The van der Waals surface area contributed by atoms with Crippen LogP contribution in [0.25, 0.3) is 0 Å². The smallest absolute Gasteiger partial charge is 0.123 e. The molecule has 0 heterocycles. The topological polar surface area (TPSA) is 47.3 Å². The molecule has 0 aliphatic heterocycles. The van der Waals surface area contributed by atoms with E-state index in [2.05, 4.69) is 30.4 Å². The van der Waals surface area contributed by atoms with Gasteiger partial charge in [-0.25, -0.2) is 0 Å². The standard InChI is InChI=1S/C14H24N2O/c1-3-12-6-7-14(17-2)13(10-12)11-16-9-5-4-8-15/h6-7,10,16H,3-5,8-9,11,15H2,1-2H3. The summed E-state index contributed by atoms with van der Waals surface area (Å²) in [5.41, 5.74) is 8.04. The predicted molar refractivity (Wildman–Crippen MR) is 72.4 cm³/mol. The summed E-state index contributed by atoms with van der Waals surface area (Å²) in [5, 5.41) is 3.43. The van der Waals surface area contributed by atoms with Crippen LogP contribution in [0.3, 0.4) is 0 Å². The normalized spacial score (nSPS) is 10.5. The Morgan fingerprint density at radius 2 is 2.12 bits per heavy atom. The molecular weight excluding hydrogens is 212 g/mol. The Morgan fingerprint density at radius 1 is 1.29 bits per heavy atom. The number of benzene rings is 1. The third kappa shape index (κ3) is 4.75. The van der Waals surface area contributed by atoms with E-state index in [4.69, 9.17) is 10.5 Å². The molecule has 0 fully saturated rings. The maximum Gasteiger partial charge on any atom is 0.123 e. The van der Waals surface area contributed by atoms with E-state index >= 15 is 0 Å². The molecule has 17 heavy (non-hydrogen) atoms. The van der Waals surface area contributed by atoms with Crippen molar-refractivity contribution in [2.24, 2.45) is 5.73 Å². The fraction of sp³-hybridized carbons (Fsp3) is 0.571. The lowest BCUT2D eigenvalue weighted by molar-refractivity contribution is 0.407. The average molecular weight is 236 g/mol. The van der Waals surface area contributed by atoms with E-state index < -0.39 is 0 Å². The van der Waals surface area contributed by atoms with E-state index in [-0.39, 0.29) is 0 Å². The number of ether oxygens (including phenoxy) is 1. The van der Waals surface area contributed by atoms with Crippen molar-refractivity contribution in [2.75, 3.05) is 20.2 Å². The van der Waals surface area contributed by atoms with E-state index in [1.165, 1.54) is 11.1 Å². The summed E-state index contributed by atoms with van der Waals surface area (Å²) < 4.78 is 5.36. The quantitative estimate of drug-likeness (QED) is 0.679. The molecule has 0 aliphatic carbocycles. The first-order valence-corrected chi connectivity index (χ1v) is 6.38. The molecule has 0 saturated carbocycles. The summed E-state index contributed by atoms with van der Waals surface area (Å²) in [6.07, 6.45) is 3.27. The van der Waals surface area contributed by atoms with Crippen molar-refractivity contribution < 1.29 is 4.74 Å². The van der Waals surface area contributed by atoms with Crippen LogP contribution >= 0.6 is 0 Å². The van der Waals surface area contributed by atoms with Gasteiger partial charge in [-0.2, -0.15) is 0 Å². The molecule has 3 N–H and O–H groups in total. The van der Waals surface area contributed by atoms with E-state index in [1.54, 1.807) is 7.11 Å². The molecule has 0 aromatic heterocycles. The lowest BCUT2D eigenvalue weighted by Gasteiger charge is -2.11. The Morgan fingerprint density at radius 3 is 2.76 bits per heavy atom. The maximum atomic E-state index is 5.46. The summed E-state index contributed by atoms with van der Waals surface area (Å²) in [6, 6.07) is 6.39. The molecule has 1 aromatic rings. The Labute approximate surface area is 104 Å². The molecular formula is C14H24N2O. The van der Waals surface area contributed by atoms with Gasteiger partial charge in [-0.15, -0.1) is 0 Å².